The van der Waals surface area contributed by atoms with E-state index in [-0.39, 0.29) is 11.8 Å². The van der Waals surface area contributed by atoms with Crippen LogP contribution < -0.4 is 5.32 Å². The molecule has 0 radical (unpaired) electrons. The molecule has 0 aliphatic carbocycles. The van der Waals surface area contributed by atoms with Gasteiger partial charge in [0.05, 0.1) is 11.8 Å². The average molecular weight is 329 g/mol. The number of amides is 1. The van der Waals surface area contributed by atoms with Crippen molar-refractivity contribution in [1.82, 2.24) is 5.32 Å². The number of benzene rings is 2. The third-order valence-electron chi connectivity index (χ3n) is 3.29. The lowest BCUT2D eigenvalue weighted by atomic mass is 9.99. The van der Waals surface area contributed by atoms with Gasteiger partial charge in [0.2, 0.25) is 5.91 Å². The van der Waals surface area contributed by atoms with Crippen LogP contribution in [0.25, 0.3) is 0 Å². The smallest absolute Gasteiger partial charge is 0.235 e. The molecule has 0 heterocycles. The van der Waals surface area contributed by atoms with Gasteiger partial charge in [0.15, 0.2) is 9.84 Å². The maximum absolute atomic E-state index is 12.2. The summed E-state index contributed by atoms with van der Waals surface area (Å²) < 4.78 is 23.5. The van der Waals surface area contributed by atoms with E-state index in [0.29, 0.717) is 0 Å². The van der Waals surface area contributed by atoms with Crippen LogP contribution >= 0.6 is 0 Å². The Morgan fingerprint density at radius 2 is 1.48 bits per heavy atom. The molecule has 1 N–H and O–H groups in total. The summed E-state index contributed by atoms with van der Waals surface area (Å²) in [6.07, 6.45) is 1.29. The molecule has 0 aromatic heterocycles. The summed E-state index contributed by atoms with van der Waals surface area (Å²) >= 11 is 0. The number of carbonyl (C=O) groups excluding carboxylic acids is 1. The molecule has 0 aliphatic rings. The number of sulfone groups is 1. The van der Waals surface area contributed by atoms with E-state index in [1.165, 1.54) is 6.08 Å². The minimum Gasteiger partial charge on any atom is -0.344 e. The van der Waals surface area contributed by atoms with E-state index in [1.807, 2.05) is 60.7 Å². The Bertz CT molecular complexity index is 716. The van der Waals surface area contributed by atoms with Crippen LogP contribution in [0, 0.1) is 0 Å². The van der Waals surface area contributed by atoms with E-state index in [2.05, 4.69) is 11.9 Å². The Balaban J connectivity index is 2.22. The monoisotopic (exact) mass is 329 g/mol. The second-order valence-electron chi connectivity index (χ2n) is 5.17. The summed E-state index contributed by atoms with van der Waals surface area (Å²) in [4.78, 5) is 12.2. The molecule has 0 aliphatic heterocycles. The van der Waals surface area contributed by atoms with Gasteiger partial charge in [-0.1, -0.05) is 66.7 Å². The van der Waals surface area contributed by atoms with Gasteiger partial charge in [0.1, 0.15) is 5.75 Å². The van der Waals surface area contributed by atoms with Crippen LogP contribution in [0.4, 0.5) is 0 Å². The molecule has 120 valence electrons. The Kier molecular flexibility index (Phi) is 5.71. The normalized spacial score (nSPS) is 11.2. The van der Waals surface area contributed by atoms with Crippen LogP contribution in [0.1, 0.15) is 17.2 Å². The highest BCUT2D eigenvalue weighted by Gasteiger charge is 2.20. The molecular weight excluding hydrogens is 310 g/mol. The van der Waals surface area contributed by atoms with Gasteiger partial charge in [-0.25, -0.2) is 8.42 Å². The molecule has 2 aromatic rings. The lowest BCUT2D eigenvalue weighted by molar-refractivity contribution is -0.119. The van der Waals surface area contributed by atoms with E-state index in [9.17, 15) is 13.2 Å². The SMILES string of the molecule is C=CCS(=O)(=O)CC(=O)NC(c1ccccc1)c1ccccc1. The first-order chi connectivity index (χ1) is 11.0. The van der Waals surface area contributed by atoms with Crippen molar-refractivity contribution in [2.75, 3.05) is 11.5 Å². The number of carbonyl (C=O) groups is 1. The summed E-state index contributed by atoms with van der Waals surface area (Å²) in [5.41, 5.74) is 1.79. The summed E-state index contributed by atoms with van der Waals surface area (Å²) in [6.45, 7) is 3.40. The third-order valence-corrected chi connectivity index (χ3v) is 4.74. The summed E-state index contributed by atoms with van der Waals surface area (Å²) in [5.74, 6) is -1.28. The average Bonchev–Trinajstić information content (AvgIpc) is 2.53. The molecule has 0 spiro atoms. The third kappa shape index (κ3) is 5.07. The quantitative estimate of drug-likeness (QED) is 0.794. The second kappa shape index (κ2) is 7.74. The molecule has 1 amide bonds. The van der Waals surface area contributed by atoms with Crippen molar-refractivity contribution in [1.29, 1.82) is 0 Å². The van der Waals surface area contributed by atoms with Gasteiger partial charge in [-0.15, -0.1) is 6.58 Å². The lowest BCUT2D eigenvalue weighted by Gasteiger charge is -2.19. The maximum Gasteiger partial charge on any atom is 0.235 e. The Hall–Kier alpha value is -2.40. The van der Waals surface area contributed by atoms with Gasteiger partial charge < -0.3 is 5.32 Å². The Labute approximate surface area is 136 Å². The molecular formula is C18H19NO3S. The van der Waals surface area contributed by atoms with Crippen molar-refractivity contribution < 1.29 is 13.2 Å². The maximum atomic E-state index is 12.2. The first-order valence-corrected chi connectivity index (χ1v) is 9.04. The molecule has 0 saturated heterocycles. The highest BCUT2D eigenvalue weighted by atomic mass is 32.2. The van der Waals surface area contributed by atoms with Crippen molar-refractivity contribution in [3.05, 3.63) is 84.4 Å². The van der Waals surface area contributed by atoms with Crippen LogP contribution in [0.15, 0.2) is 73.3 Å². The number of hydrogen-bond donors (Lipinski definition) is 1. The van der Waals surface area contributed by atoms with Gasteiger partial charge in [-0.05, 0) is 11.1 Å². The summed E-state index contributed by atoms with van der Waals surface area (Å²) in [7, 11) is -3.47. The molecule has 0 fully saturated rings. The molecule has 0 bridgehead atoms. The van der Waals surface area contributed by atoms with E-state index in [4.69, 9.17) is 0 Å². The zero-order chi connectivity index (χ0) is 16.7. The standard InChI is InChI=1S/C18H19NO3S/c1-2-13-23(21,22)14-17(20)19-18(15-9-5-3-6-10-15)16-11-7-4-8-12-16/h2-12,18H,1,13-14H2,(H,19,20). The number of rotatable bonds is 7. The zero-order valence-corrected chi connectivity index (χ0v) is 13.5. The van der Waals surface area contributed by atoms with E-state index in [1.54, 1.807) is 0 Å². The van der Waals surface area contributed by atoms with Crippen LogP contribution in [0.5, 0.6) is 0 Å². The Morgan fingerprint density at radius 3 is 1.91 bits per heavy atom. The number of nitrogens with one attached hydrogen (secondary N) is 1. The fourth-order valence-electron chi connectivity index (χ4n) is 2.29. The zero-order valence-electron chi connectivity index (χ0n) is 12.7. The first-order valence-electron chi connectivity index (χ1n) is 7.22. The van der Waals surface area contributed by atoms with Gasteiger partial charge in [-0.2, -0.15) is 0 Å². The van der Waals surface area contributed by atoms with Crippen molar-refractivity contribution in [2.45, 2.75) is 6.04 Å². The van der Waals surface area contributed by atoms with Crippen molar-refractivity contribution in [2.24, 2.45) is 0 Å². The van der Waals surface area contributed by atoms with E-state index < -0.39 is 21.5 Å². The molecule has 0 saturated carbocycles. The summed E-state index contributed by atoms with van der Waals surface area (Å²) in [6, 6.07) is 18.5. The highest BCUT2D eigenvalue weighted by Crippen LogP contribution is 2.21. The van der Waals surface area contributed by atoms with E-state index in [0.717, 1.165) is 11.1 Å². The largest absolute Gasteiger partial charge is 0.344 e. The molecule has 0 atom stereocenters. The second-order valence-corrected chi connectivity index (χ2v) is 7.27. The molecule has 2 rings (SSSR count). The van der Waals surface area contributed by atoms with Crippen LogP contribution in [-0.4, -0.2) is 25.8 Å². The van der Waals surface area contributed by atoms with Crippen molar-refractivity contribution in [3.8, 4) is 0 Å². The molecule has 4 nitrogen and oxygen atoms in total. The molecule has 5 heteroatoms. The predicted molar refractivity (Wildman–Crippen MR) is 91.7 cm³/mol. The van der Waals surface area contributed by atoms with Gasteiger partial charge in [0, 0.05) is 0 Å². The van der Waals surface area contributed by atoms with Crippen molar-refractivity contribution >= 4 is 15.7 Å². The predicted octanol–water partition coefficient (Wildman–Crippen LogP) is 2.49. The van der Waals surface area contributed by atoms with Gasteiger partial charge in [-0.3, -0.25) is 4.79 Å². The lowest BCUT2D eigenvalue weighted by Crippen LogP contribution is -2.34. The van der Waals surface area contributed by atoms with Crippen LogP contribution in [-0.2, 0) is 14.6 Å². The van der Waals surface area contributed by atoms with Crippen LogP contribution in [0.2, 0.25) is 0 Å². The number of hydrogen-bond acceptors (Lipinski definition) is 3. The van der Waals surface area contributed by atoms with E-state index >= 15 is 0 Å². The minimum atomic E-state index is -3.47. The van der Waals surface area contributed by atoms with Crippen molar-refractivity contribution in [3.63, 3.8) is 0 Å². The highest BCUT2D eigenvalue weighted by molar-refractivity contribution is 7.92. The molecule has 2 aromatic carbocycles. The van der Waals surface area contributed by atoms with Gasteiger partial charge in [0.25, 0.3) is 0 Å². The molecule has 0 unspecified atom stereocenters. The van der Waals surface area contributed by atoms with Crippen LogP contribution in [0.3, 0.4) is 0 Å². The fraction of sp³-hybridized carbons (Fsp3) is 0.167. The minimum absolute atomic E-state index is 0.207. The topological polar surface area (TPSA) is 63.2 Å². The summed E-state index contributed by atoms with van der Waals surface area (Å²) in [5, 5.41) is 2.81. The first kappa shape index (κ1) is 17.0. The molecule has 23 heavy (non-hydrogen) atoms. The van der Waals surface area contributed by atoms with Gasteiger partial charge >= 0.3 is 0 Å². The Morgan fingerprint density at radius 1 is 1.00 bits per heavy atom. The fourth-order valence-corrected chi connectivity index (χ4v) is 3.25.